The highest BCUT2D eigenvalue weighted by molar-refractivity contribution is 9.10. The van der Waals surface area contributed by atoms with Crippen LogP contribution >= 0.6 is 27.5 Å². The molecule has 0 aliphatic rings. The minimum atomic E-state index is -1.10. The van der Waals surface area contributed by atoms with Crippen molar-refractivity contribution in [1.29, 1.82) is 0 Å². The molecule has 0 atom stereocenters. The first-order valence-electron chi connectivity index (χ1n) is 8.56. The van der Waals surface area contributed by atoms with E-state index in [1.165, 1.54) is 18.3 Å². The van der Waals surface area contributed by atoms with Gasteiger partial charge in [0.1, 0.15) is 17.1 Å². The molecule has 150 valence electrons. The van der Waals surface area contributed by atoms with Crippen molar-refractivity contribution in [2.75, 3.05) is 0 Å². The van der Waals surface area contributed by atoms with Crippen molar-refractivity contribution in [2.45, 2.75) is 0 Å². The monoisotopic (exact) mass is 486 g/mol. The lowest BCUT2D eigenvalue weighted by Crippen LogP contribution is -2.16. The van der Waals surface area contributed by atoms with E-state index >= 15 is 0 Å². The number of hydrogen-bond acceptors (Lipinski definition) is 5. The minimum absolute atomic E-state index is 0.00872. The molecule has 2 aromatic carbocycles. The Labute approximate surface area is 183 Å². The van der Waals surface area contributed by atoms with Gasteiger partial charge in [0.15, 0.2) is 5.76 Å². The van der Waals surface area contributed by atoms with Crippen molar-refractivity contribution < 1.29 is 23.5 Å². The van der Waals surface area contributed by atoms with Gasteiger partial charge in [0.25, 0.3) is 0 Å². The number of hydrogen-bond donors (Lipinski definition) is 2. The molecule has 2 N–H and O–H groups in total. The lowest BCUT2D eigenvalue weighted by atomic mass is 10.1. The maximum atomic E-state index is 12.2. The van der Waals surface area contributed by atoms with Gasteiger partial charge in [0.05, 0.1) is 16.8 Å². The molecule has 0 aliphatic carbocycles. The van der Waals surface area contributed by atoms with Crippen molar-refractivity contribution in [2.24, 2.45) is 5.10 Å². The van der Waals surface area contributed by atoms with Gasteiger partial charge in [-0.1, -0.05) is 33.6 Å². The van der Waals surface area contributed by atoms with Crippen LogP contribution in [0.3, 0.4) is 0 Å². The zero-order valence-corrected chi connectivity index (χ0v) is 17.4. The highest BCUT2D eigenvalue weighted by Gasteiger charge is 2.13. The van der Waals surface area contributed by atoms with Crippen LogP contribution in [0.25, 0.3) is 22.3 Å². The van der Waals surface area contributed by atoms with E-state index in [0.29, 0.717) is 22.7 Å². The van der Waals surface area contributed by atoms with E-state index in [1.54, 1.807) is 30.3 Å². The number of benzene rings is 2. The Balaban J connectivity index is 1.44. The molecule has 0 fully saturated rings. The molecular weight excluding hydrogens is 476 g/mol. The summed E-state index contributed by atoms with van der Waals surface area (Å²) in [6.45, 7) is 0. The summed E-state index contributed by atoms with van der Waals surface area (Å²) in [5, 5.41) is 13.8. The molecule has 0 unspecified atom stereocenters. The van der Waals surface area contributed by atoms with Crippen molar-refractivity contribution in [1.82, 2.24) is 5.43 Å². The van der Waals surface area contributed by atoms with Crippen molar-refractivity contribution >= 4 is 56.6 Å². The average molecular weight is 488 g/mol. The second kappa shape index (κ2) is 8.17. The van der Waals surface area contributed by atoms with Gasteiger partial charge in [-0.15, -0.1) is 0 Å². The number of carboxylic acid groups (broad SMARTS) is 1. The largest absolute Gasteiger partial charge is 0.478 e. The molecule has 1 amide bonds. The third kappa shape index (κ3) is 4.14. The van der Waals surface area contributed by atoms with Crippen LogP contribution in [0.5, 0.6) is 0 Å². The number of fused-ring (bicyclic) bond motifs is 1. The summed E-state index contributed by atoms with van der Waals surface area (Å²) in [7, 11) is 0. The number of nitrogens with zero attached hydrogens (tertiary/aromatic N) is 1. The molecule has 0 radical (unpaired) electrons. The van der Waals surface area contributed by atoms with Crippen LogP contribution in [0.2, 0.25) is 5.02 Å². The Hall–Kier alpha value is -3.36. The van der Waals surface area contributed by atoms with Crippen molar-refractivity contribution in [3.63, 3.8) is 0 Å². The molecule has 4 rings (SSSR count). The lowest BCUT2D eigenvalue weighted by molar-refractivity contribution is 0.0696. The maximum Gasteiger partial charge on any atom is 0.337 e. The van der Waals surface area contributed by atoms with Gasteiger partial charge in [0.2, 0.25) is 0 Å². The number of carboxylic acids is 1. The van der Waals surface area contributed by atoms with Crippen LogP contribution in [0.15, 0.2) is 73.0 Å². The third-order valence-corrected chi connectivity index (χ3v) is 4.98. The van der Waals surface area contributed by atoms with E-state index in [1.807, 2.05) is 12.1 Å². The normalized spacial score (nSPS) is 11.3. The summed E-state index contributed by atoms with van der Waals surface area (Å²) in [4.78, 5) is 23.3. The summed E-state index contributed by atoms with van der Waals surface area (Å²) in [5.41, 5.74) is 3.59. The number of rotatable bonds is 5. The molecule has 0 saturated heterocycles. The number of nitrogens with one attached hydrogen (secondary N) is 1. The number of carbonyl (C=O) groups excluding carboxylic acids is 1. The zero-order valence-electron chi connectivity index (χ0n) is 15.1. The average Bonchev–Trinajstić information content (AvgIpc) is 3.34. The second-order valence-corrected chi connectivity index (χ2v) is 7.52. The summed E-state index contributed by atoms with van der Waals surface area (Å²) >= 11 is 9.36. The highest BCUT2D eigenvalue weighted by Crippen LogP contribution is 2.27. The maximum absolute atomic E-state index is 12.2. The Morgan fingerprint density at radius 2 is 1.90 bits per heavy atom. The van der Waals surface area contributed by atoms with Crippen molar-refractivity contribution in [3.8, 4) is 11.3 Å². The fourth-order valence-electron chi connectivity index (χ4n) is 2.75. The Morgan fingerprint density at radius 3 is 2.67 bits per heavy atom. The van der Waals surface area contributed by atoms with Crippen LogP contribution in [-0.4, -0.2) is 23.2 Å². The minimum Gasteiger partial charge on any atom is -0.478 e. The Bertz CT molecular complexity index is 1310. The van der Waals surface area contributed by atoms with Crippen molar-refractivity contribution in [3.05, 3.63) is 81.2 Å². The predicted molar refractivity (Wildman–Crippen MR) is 115 cm³/mol. The number of aromatic carboxylic acids is 1. The molecular formula is C21H12BrClN2O5. The Morgan fingerprint density at radius 1 is 1.07 bits per heavy atom. The van der Waals surface area contributed by atoms with Crippen LogP contribution < -0.4 is 5.43 Å². The molecule has 0 spiro atoms. The van der Waals surface area contributed by atoms with E-state index in [-0.39, 0.29) is 16.3 Å². The summed E-state index contributed by atoms with van der Waals surface area (Å²) in [6, 6.07) is 14.9. The van der Waals surface area contributed by atoms with E-state index in [2.05, 4.69) is 26.5 Å². The first-order valence-corrected chi connectivity index (χ1v) is 9.73. The molecule has 9 heteroatoms. The van der Waals surface area contributed by atoms with Crippen LogP contribution in [-0.2, 0) is 0 Å². The first-order chi connectivity index (χ1) is 14.4. The molecule has 0 saturated carbocycles. The van der Waals surface area contributed by atoms with Gasteiger partial charge in [-0.05, 0) is 48.5 Å². The lowest BCUT2D eigenvalue weighted by Gasteiger charge is -2.01. The van der Waals surface area contributed by atoms with Gasteiger partial charge in [-0.2, -0.15) is 5.10 Å². The molecule has 2 aromatic heterocycles. The SMILES string of the molecule is O=C(N/N=C/c1ccc(-c2ccc(C(=O)O)c(Cl)c2)o1)c1cc2cc(Br)ccc2o1. The number of hydrazone groups is 1. The van der Waals surface area contributed by atoms with Crippen LogP contribution in [0, 0.1) is 0 Å². The van der Waals surface area contributed by atoms with E-state index in [9.17, 15) is 9.59 Å². The molecule has 4 aromatic rings. The fourth-order valence-corrected chi connectivity index (χ4v) is 3.40. The molecule has 0 bridgehead atoms. The molecule has 7 nitrogen and oxygen atoms in total. The number of carbonyl (C=O) groups is 2. The van der Waals surface area contributed by atoms with Crippen LogP contribution in [0.1, 0.15) is 26.7 Å². The topological polar surface area (TPSA) is 105 Å². The van der Waals surface area contributed by atoms with E-state index in [4.69, 9.17) is 25.5 Å². The van der Waals surface area contributed by atoms with Crippen LogP contribution in [0.4, 0.5) is 0 Å². The van der Waals surface area contributed by atoms with Gasteiger partial charge in [-0.25, -0.2) is 10.2 Å². The third-order valence-electron chi connectivity index (χ3n) is 4.17. The van der Waals surface area contributed by atoms with E-state index in [0.717, 1.165) is 9.86 Å². The molecule has 0 aliphatic heterocycles. The number of halogens is 2. The highest BCUT2D eigenvalue weighted by atomic mass is 79.9. The first kappa shape index (κ1) is 19.9. The smallest absolute Gasteiger partial charge is 0.337 e. The standard InChI is InChI=1S/C21H12BrClN2O5/c22-13-2-5-18-12(7-13)9-19(30-18)20(26)25-24-10-14-3-6-17(29-14)11-1-4-15(21(27)28)16(23)8-11/h1-10H,(H,25,26)(H,27,28)/b24-10+. The summed E-state index contributed by atoms with van der Waals surface area (Å²) in [6.07, 6.45) is 1.34. The number of furan rings is 2. The quantitative estimate of drug-likeness (QED) is 0.283. The van der Waals surface area contributed by atoms with Gasteiger partial charge in [0, 0.05) is 15.4 Å². The predicted octanol–water partition coefficient (Wildman–Crippen LogP) is 5.57. The molecule has 30 heavy (non-hydrogen) atoms. The van der Waals surface area contributed by atoms with Gasteiger partial charge >= 0.3 is 11.9 Å². The van der Waals surface area contributed by atoms with E-state index < -0.39 is 11.9 Å². The zero-order chi connectivity index (χ0) is 21.3. The van der Waals surface area contributed by atoms with Gasteiger partial charge in [-0.3, -0.25) is 4.79 Å². The molecule has 2 heterocycles. The number of amides is 1. The Kier molecular flexibility index (Phi) is 5.43. The van der Waals surface area contributed by atoms with Gasteiger partial charge < -0.3 is 13.9 Å². The summed E-state index contributed by atoms with van der Waals surface area (Å²) < 4.78 is 12.0. The second-order valence-electron chi connectivity index (χ2n) is 6.19. The fraction of sp³-hybridized carbons (Fsp3) is 0. The summed E-state index contributed by atoms with van der Waals surface area (Å²) in [5.74, 6) is -0.608.